The van der Waals surface area contributed by atoms with Gasteiger partial charge in [0.1, 0.15) is 5.76 Å². The van der Waals surface area contributed by atoms with Gasteiger partial charge in [-0.25, -0.2) is 0 Å². The van der Waals surface area contributed by atoms with Gasteiger partial charge in [-0.05, 0) is 38.2 Å². The third-order valence-electron chi connectivity index (χ3n) is 3.55. The molecule has 0 unspecified atom stereocenters. The molecule has 0 saturated carbocycles. The first-order valence-electron chi connectivity index (χ1n) is 7.63. The summed E-state index contributed by atoms with van der Waals surface area (Å²) in [6, 6.07) is 8.23. The van der Waals surface area contributed by atoms with Crippen molar-refractivity contribution in [2.45, 2.75) is 40.4 Å². The number of hydrogen-bond acceptors (Lipinski definition) is 4. The van der Waals surface area contributed by atoms with Crippen LogP contribution in [0.4, 0.5) is 0 Å². The summed E-state index contributed by atoms with van der Waals surface area (Å²) in [4.78, 5) is 6.92. The van der Waals surface area contributed by atoms with E-state index in [2.05, 4.69) is 47.2 Å². The lowest BCUT2D eigenvalue weighted by Crippen LogP contribution is -2.24. The molecule has 0 aliphatic rings. The van der Waals surface area contributed by atoms with E-state index < -0.39 is 0 Å². The van der Waals surface area contributed by atoms with Gasteiger partial charge in [-0.1, -0.05) is 19.9 Å². The largest absolute Gasteiger partial charge is 0.468 e. The zero-order valence-electron chi connectivity index (χ0n) is 13.2. The van der Waals surface area contributed by atoms with Gasteiger partial charge in [0.2, 0.25) is 0 Å². The van der Waals surface area contributed by atoms with Crippen LogP contribution in [0.2, 0.25) is 0 Å². The number of nitrogens with one attached hydrogen (secondary N) is 1. The van der Waals surface area contributed by atoms with Gasteiger partial charge in [0.05, 0.1) is 18.5 Å². The Labute approximate surface area is 127 Å². The number of pyridine rings is 1. The topological polar surface area (TPSA) is 41.3 Å². The minimum atomic E-state index is 0.819. The first-order valence-corrected chi connectivity index (χ1v) is 7.63. The van der Waals surface area contributed by atoms with Gasteiger partial charge in [0, 0.05) is 24.3 Å². The third-order valence-corrected chi connectivity index (χ3v) is 3.55. The Hall–Kier alpha value is -1.65. The molecule has 0 aliphatic heterocycles. The maximum Gasteiger partial charge on any atom is 0.122 e. The van der Waals surface area contributed by atoms with Crippen molar-refractivity contribution >= 4 is 0 Å². The lowest BCUT2D eigenvalue weighted by atomic mass is 10.2. The Morgan fingerprint density at radius 2 is 2.05 bits per heavy atom. The average Bonchev–Trinajstić information content (AvgIpc) is 2.91. The van der Waals surface area contributed by atoms with Crippen molar-refractivity contribution in [3.63, 3.8) is 0 Å². The molecule has 0 aromatic carbocycles. The van der Waals surface area contributed by atoms with Gasteiger partial charge in [0.25, 0.3) is 0 Å². The molecule has 2 rings (SSSR count). The minimum absolute atomic E-state index is 0.819. The Morgan fingerprint density at radius 1 is 1.19 bits per heavy atom. The highest BCUT2D eigenvalue weighted by molar-refractivity contribution is 5.17. The van der Waals surface area contributed by atoms with E-state index in [9.17, 15) is 0 Å². The molecule has 0 spiro atoms. The zero-order valence-corrected chi connectivity index (χ0v) is 13.2. The summed E-state index contributed by atoms with van der Waals surface area (Å²) < 4.78 is 5.65. The lowest BCUT2D eigenvalue weighted by molar-refractivity contribution is 0.243. The predicted octanol–water partition coefficient (Wildman–Crippen LogP) is 3.11. The molecule has 0 saturated heterocycles. The normalized spacial score (nSPS) is 11.2. The van der Waals surface area contributed by atoms with Gasteiger partial charge in [-0.15, -0.1) is 0 Å². The molecule has 2 aromatic heterocycles. The fourth-order valence-electron chi connectivity index (χ4n) is 2.32. The number of rotatable bonds is 8. The van der Waals surface area contributed by atoms with Gasteiger partial charge in [0.15, 0.2) is 0 Å². The summed E-state index contributed by atoms with van der Waals surface area (Å²) in [5.41, 5.74) is 3.42. The van der Waals surface area contributed by atoms with Crippen molar-refractivity contribution in [1.29, 1.82) is 0 Å². The second-order valence-electron chi connectivity index (χ2n) is 5.22. The van der Waals surface area contributed by atoms with E-state index >= 15 is 0 Å². The molecule has 2 heterocycles. The Balaban J connectivity index is 2.00. The zero-order chi connectivity index (χ0) is 15.1. The smallest absolute Gasteiger partial charge is 0.122 e. The molecule has 0 bridgehead atoms. The van der Waals surface area contributed by atoms with E-state index in [1.165, 1.54) is 5.56 Å². The van der Waals surface area contributed by atoms with Crippen molar-refractivity contribution in [2.24, 2.45) is 0 Å². The summed E-state index contributed by atoms with van der Waals surface area (Å²) in [6.07, 6.45) is 1.78. The first kappa shape index (κ1) is 15.7. The van der Waals surface area contributed by atoms with Crippen LogP contribution < -0.4 is 5.32 Å². The summed E-state index contributed by atoms with van der Waals surface area (Å²) in [7, 11) is 0. The molecule has 4 nitrogen and oxygen atoms in total. The molecule has 0 amide bonds. The molecule has 1 N–H and O–H groups in total. The number of nitrogens with zero attached hydrogens (tertiary/aromatic N) is 2. The van der Waals surface area contributed by atoms with Crippen LogP contribution in [0, 0.1) is 6.92 Å². The van der Waals surface area contributed by atoms with Crippen molar-refractivity contribution in [3.8, 4) is 0 Å². The molecule has 114 valence electrons. The van der Waals surface area contributed by atoms with Crippen LogP contribution in [0.5, 0.6) is 0 Å². The Morgan fingerprint density at radius 3 is 2.76 bits per heavy atom. The van der Waals surface area contributed by atoms with E-state index in [1.807, 2.05) is 13.0 Å². The predicted molar refractivity (Wildman–Crippen MR) is 84.9 cm³/mol. The van der Waals surface area contributed by atoms with Crippen molar-refractivity contribution in [1.82, 2.24) is 15.2 Å². The number of aryl methyl sites for hydroxylation is 1. The molecular formula is C17H25N3O. The average molecular weight is 287 g/mol. The van der Waals surface area contributed by atoms with Crippen LogP contribution in [0.15, 0.2) is 34.9 Å². The summed E-state index contributed by atoms with van der Waals surface area (Å²) in [5.74, 6) is 1.05. The van der Waals surface area contributed by atoms with Crippen LogP contribution in [0.1, 0.15) is 36.6 Å². The molecule has 2 aromatic rings. The van der Waals surface area contributed by atoms with E-state index in [1.54, 1.807) is 6.26 Å². The number of hydrogen-bond donors (Lipinski definition) is 1. The highest BCUT2D eigenvalue weighted by Gasteiger charge is 2.12. The van der Waals surface area contributed by atoms with Crippen molar-refractivity contribution < 1.29 is 4.42 Å². The monoisotopic (exact) mass is 287 g/mol. The SMILES string of the molecule is CCNCc1ccoc1CN(CC)Cc1cccc(C)n1. The molecule has 0 fully saturated rings. The van der Waals surface area contributed by atoms with Gasteiger partial charge >= 0.3 is 0 Å². The quantitative estimate of drug-likeness (QED) is 0.810. The van der Waals surface area contributed by atoms with Crippen molar-refractivity contribution in [3.05, 3.63) is 53.2 Å². The maximum absolute atomic E-state index is 5.65. The summed E-state index contributed by atoms with van der Waals surface area (Å²) in [6.45, 7) is 10.8. The summed E-state index contributed by atoms with van der Waals surface area (Å²) >= 11 is 0. The number of aromatic nitrogens is 1. The van der Waals surface area contributed by atoms with Gasteiger partial charge < -0.3 is 9.73 Å². The third kappa shape index (κ3) is 4.69. The molecule has 21 heavy (non-hydrogen) atoms. The van der Waals surface area contributed by atoms with E-state index in [0.29, 0.717) is 0 Å². The molecule has 0 aliphatic carbocycles. The van der Waals surface area contributed by atoms with E-state index in [-0.39, 0.29) is 0 Å². The van der Waals surface area contributed by atoms with Crippen LogP contribution in [-0.2, 0) is 19.6 Å². The van der Waals surface area contributed by atoms with Gasteiger partial charge in [-0.2, -0.15) is 0 Å². The first-order chi connectivity index (χ1) is 10.2. The molecule has 0 radical (unpaired) electrons. The number of furan rings is 1. The second kappa shape index (κ2) is 7.96. The van der Waals surface area contributed by atoms with Crippen LogP contribution in [0.3, 0.4) is 0 Å². The Bertz CT molecular complexity index is 550. The maximum atomic E-state index is 5.65. The van der Waals surface area contributed by atoms with Gasteiger partial charge in [-0.3, -0.25) is 9.88 Å². The van der Waals surface area contributed by atoms with E-state index in [4.69, 9.17) is 4.42 Å². The highest BCUT2D eigenvalue weighted by Crippen LogP contribution is 2.15. The minimum Gasteiger partial charge on any atom is -0.468 e. The highest BCUT2D eigenvalue weighted by atomic mass is 16.3. The van der Waals surface area contributed by atoms with Crippen LogP contribution >= 0.6 is 0 Å². The van der Waals surface area contributed by atoms with Crippen LogP contribution in [-0.4, -0.2) is 23.0 Å². The summed E-state index contributed by atoms with van der Waals surface area (Å²) in [5, 5.41) is 3.35. The van der Waals surface area contributed by atoms with E-state index in [0.717, 1.165) is 49.9 Å². The standard InChI is InChI=1S/C17H25N3O/c1-4-18-11-15-9-10-21-17(15)13-20(5-2)12-16-8-6-7-14(3)19-16/h6-10,18H,4-5,11-13H2,1-3H3. The molecular weight excluding hydrogens is 262 g/mol. The fraction of sp³-hybridized carbons (Fsp3) is 0.471. The molecule has 0 atom stereocenters. The molecule has 4 heteroatoms. The Kier molecular flexibility index (Phi) is 5.96. The van der Waals surface area contributed by atoms with Crippen LogP contribution in [0.25, 0.3) is 0 Å². The fourth-order valence-corrected chi connectivity index (χ4v) is 2.32. The van der Waals surface area contributed by atoms with Crippen molar-refractivity contribution in [2.75, 3.05) is 13.1 Å². The lowest BCUT2D eigenvalue weighted by Gasteiger charge is -2.19. The second-order valence-corrected chi connectivity index (χ2v) is 5.22.